The van der Waals surface area contributed by atoms with E-state index in [1.165, 1.54) is 0 Å². The molecule has 150 valence electrons. The predicted octanol–water partition coefficient (Wildman–Crippen LogP) is -0.407. The Hall–Kier alpha value is -1.48. The van der Waals surface area contributed by atoms with E-state index >= 15 is 0 Å². The minimum absolute atomic E-state index is 0.114. The minimum atomic E-state index is -0.770. The Bertz CT molecular complexity index is 616. The zero-order valence-electron chi connectivity index (χ0n) is 15.4. The number of hydrogen-bond donors (Lipinski definition) is 4. The van der Waals surface area contributed by atoms with Gasteiger partial charge in [-0.2, -0.15) is 0 Å². The van der Waals surface area contributed by atoms with Crippen molar-refractivity contribution in [2.45, 2.75) is 62.6 Å². The van der Waals surface area contributed by atoms with Gasteiger partial charge in [-0.15, -0.1) is 0 Å². The maximum absolute atomic E-state index is 12.4. The molecule has 0 spiro atoms. The fourth-order valence-corrected chi connectivity index (χ4v) is 4.17. The van der Waals surface area contributed by atoms with Crippen molar-refractivity contribution in [2.24, 2.45) is 11.8 Å². The number of ether oxygens (including phenoxy) is 2. The molecule has 3 atom stereocenters. The van der Waals surface area contributed by atoms with Crippen LogP contribution in [0.25, 0.3) is 0 Å². The molecule has 1 saturated heterocycles. The largest absolute Gasteiger partial charge is 0.395 e. The summed E-state index contributed by atoms with van der Waals surface area (Å²) in [7, 11) is 0. The lowest BCUT2D eigenvalue weighted by Gasteiger charge is -2.29. The molecule has 8 heteroatoms. The van der Waals surface area contributed by atoms with E-state index in [1.54, 1.807) is 6.08 Å². The van der Waals surface area contributed by atoms with E-state index in [9.17, 15) is 14.7 Å². The third-order valence-corrected chi connectivity index (χ3v) is 5.79. The van der Waals surface area contributed by atoms with Crippen LogP contribution < -0.4 is 10.6 Å². The first kappa shape index (κ1) is 18.9. The molecule has 0 aromatic rings. The Labute approximate surface area is 158 Å². The van der Waals surface area contributed by atoms with Crippen LogP contribution in [-0.2, 0) is 19.1 Å². The second-order valence-corrected chi connectivity index (χ2v) is 7.98. The van der Waals surface area contributed by atoms with Gasteiger partial charge in [0.15, 0.2) is 5.79 Å². The SMILES string of the molecule is O=C(CCNC(=O)C1=C[C@H]2OC(C3CC3)(C3CC3)O[C@H]2[C@H](O)C1)NCCO. The van der Waals surface area contributed by atoms with Crippen molar-refractivity contribution in [3.63, 3.8) is 0 Å². The van der Waals surface area contributed by atoms with E-state index in [0.717, 1.165) is 25.7 Å². The third kappa shape index (κ3) is 3.89. The van der Waals surface area contributed by atoms with Gasteiger partial charge in [-0.25, -0.2) is 0 Å². The molecule has 3 aliphatic carbocycles. The van der Waals surface area contributed by atoms with Gasteiger partial charge in [0, 0.05) is 43.3 Å². The summed E-state index contributed by atoms with van der Waals surface area (Å²) in [5.41, 5.74) is 0.477. The van der Waals surface area contributed by atoms with Gasteiger partial charge in [-0.1, -0.05) is 0 Å². The number of carbonyl (C=O) groups excluding carboxylic acids is 2. The molecular formula is C19H28N2O6. The summed E-state index contributed by atoms with van der Waals surface area (Å²) in [4.78, 5) is 23.9. The van der Waals surface area contributed by atoms with Crippen molar-refractivity contribution in [3.8, 4) is 0 Å². The monoisotopic (exact) mass is 380 g/mol. The lowest BCUT2D eigenvalue weighted by Crippen LogP contribution is -2.42. The van der Waals surface area contributed by atoms with Crippen molar-refractivity contribution in [3.05, 3.63) is 11.6 Å². The highest BCUT2D eigenvalue weighted by molar-refractivity contribution is 5.94. The van der Waals surface area contributed by atoms with Crippen LogP contribution in [0.15, 0.2) is 11.6 Å². The summed E-state index contributed by atoms with van der Waals surface area (Å²) in [5.74, 6) is -0.268. The summed E-state index contributed by atoms with van der Waals surface area (Å²) in [6.45, 7) is 0.286. The summed E-state index contributed by atoms with van der Waals surface area (Å²) in [6, 6.07) is 0. The molecule has 0 aromatic heterocycles. The predicted molar refractivity (Wildman–Crippen MR) is 94.4 cm³/mol. The molecule has 2 saturated carbocycles. The molecule has 4 N–H and O–H groups in total. The van der Waals surface area contributed by atoms with Gasteiger partial charge in [0.05, 0.1) is 12.7 Å². The van der Waals surface area contributed by atoms with Crippen LogP contribution in [0, 0.1) is 11.8 Å². The fourth-order valence-electron chi connectivity index (χ4n) is 4.17. The summed E-state index contributed by atoms with van der Waals surface area (Å²) >= 11 is 0. The molecule has 0 bridgehead atoms. The van der Waals surface area contributed by atoms with Crippen LogP contribution in [0.2, 0.25) is 0 Å². The maximum atomic E-state index is 12.4. The molecule has 1 aliphatic heterocycles. The zero-order chi connectivity index (χ0) is 19.0. The second-order valence-electron chi connectivity index (χ2n) is 7.98. The van der Waals surface area contributed by atoms with Gasteiger partial charge >= 0.3 is 0 Å². The minimum Gasteiger partial charge on any atom is -0.395 e. The second kappa shape index (κ2) is 7.50. The Balaban J connectivity index is 1.34. The Morgan fingerprint density at radius 3 is 2.44 bits per heavy atom. The number of aliphatic hydroxyl groups excluding tert-OH is 2. The van der Waals surface area contributed by atoms with E-state index in [-0.39, 0.29) is 44.4 Å². The van der Waals surface area contributed by atoms with Crippen LogP contribution in [0.3, 0.4) is 0 Å². The third-order valence-electron chi connectivity index (χ3n) is 5.79. The molecule has 4 rings (SSSR count). The van der Waals surface area contributed by atoms with Crippen molar-refractivity contribution in [1.29, 1.82) is 0 Å². The normalized spacial score (nSPS) is 31.8. The Morgan fingerprint density at radius 1 is 1.11 bits per heavy atom. The average Bonchev–Trinajstić information content (AvgIpc) is 3.56. The van der Waals surface area contributed by atoms with Crippen molar-refractivity contribution in [1.82, 2.24) is 10.6 Å². The number of amides is 2. The molecule has 0 radical (unpaired) electrons. The zero-order valence-corrected chi connectivity index (χ0v) is 15.4. The van der Waals surface area contributed by atoms with Crippen LogP contribution in [-0.4, -0.2) is 65.8 Å². The molecule has 4 aliphatic rings. The van der Waals surface area contributed by atoms with Gasteiger partial charge in [0.25, 0.3) is 0 Å². The number of carbonyl (C=O) groups is 2. The van der Waals surface area contributed by atoms with E-state index in [1.807, 2.05) is 0 Å². The number of rotatable bonds is 8. The van der Waals surface area contributed by atoms with Crippen molar-refractivity contribution < 1.29 is 29.3 Å². The maximum Gasteiger partial charge on any atom is 0.247 e. The molecule has 0 aromatic carbocycles. The fraction of sp³-hybridized carbons (Fsp3) is 0.789. The topological polar surface area (TPSA) is 117 Å². The summed E-state index contributed by atoms with van der Waals surface area (Å²) in [5, 5.41) is 24.5. The summed E-state index contributed by atoms with van der Waals surface area (Å²) in [6.07, 6.45) is 4.96. The first-order valence-corrected chi connectivity index (χ1v) is 9.93. The highest BCUT2D eigenvalue weighted by atomic mass is 16.8. The van der Waals surface area contributed by atoms with Gasteiger partial charge in [-0.05, 0) is 31.8 Å². The van der Waals surface area contributed by atoms with Crippen LogP contribution in [0.4, 0.5) is 0 Å². The van der Waals surface area contributed by atoms with Crippen molar-refractivity contribution in [2.75, 3.05) is 19.7 Å². The Morgan fingerprint density at radius 2 is 1.81 bits per heavy atom. The molecule has 27 heavy (non-hydrogen) atoms. The molecule has 2 amide bonds. The lowest BCUT2D eigenvalue weighted by molar-refractivity contribution is -0.209. The molecule has 3 fully saturated rings. The number of fused-ring (bicyclic) bond motifs is 1. The van der Waals surface area contributed by atoms with Gasteiger partial charge in [0.2, 0.25) is 11.8 Å². The molecule has 8 nitrogen and oxygen atoms in total. The first-order valence-electron chi connectivity index (χ1n) is 9.93. The smallest absolute Gasteiger partial charge is 0.247 e. The first-order chi connectivity index (χ1) is 13.0. The van der Waals surface area contributed by atoms with E-state index < -0.39 is 24.1 Å². The summed E-state index contributed by atoms with van der Waals surface area (Å²) < 4.78 is 12.6. The van der Waals surface area contributed by atoms with Gasteiger partial charge in [0.1, 0.15) is 12.2 Å². The van der Waals surface area contributed by atoms with Crippen LogP contribution >= 0.6 is 0 Å². The lowest BCUT2D eigenvalue weighted by atomic mass is 9.92. The van der Waals surface area contributed by atoms with E-state index in [0.29, 0.717) is 17.4 Å². The molecular weight excluding hydrogens is 352 g/mol. The standard InChI is InChI=1S/C19H28N2O6/c22-8-7-20-16(24)5-6-21-18(25)11-9-14(23)17-15(10-11)26-19(27-17,12-1-2-12)13-3-4-13/h10,12-15,17,22-23H,1-9H2,(H,20,24)(H,21,25)/t14-,15-,17+/m1/s1. The quantitative estimate of drug-likeness (QED) is 0.455. The molecule has 1 heterocycles. The van der Waals surface area contributed by atoms with Crippen LogP contribution in [0.1, 0.15) is 38.5 Å². The number of hydrogen-bond acceptors (Lipinski definition) is 6. The van der Waals surface area contributed by atoms with Gasteiger partial charge < -0.3 is 30.3 Å². The number of nitrogens with one attached hydrogen (secondary N) is 2. The highest BCUT2D eigenvalue weighted by Crippen LogP contribution is 2.59. The van der Waals surface area contributed by atoms with Crippen LogP contribution in [0.5, 0.6) is 0 Å². The number of aliphatic hydroxyl groups is 2. The van der Waals surface area contributed by atoms with Crippen molar-refractivity contribution >= 4 is 11.8 Å². The Kier molecular flexibility index (Phi) is 5.24. The highest BCUT2D eigenvalue weighted by Gasteiger charge is 2.64. The van der Waals surface area contributed by atoms with Gasteiger partial charge in [-0.3, -0.25) is 9.59 Å². The van der Waals surface area contributed by atoms with E-state index in [2.05, 4.69) is 10.6 Å². The average molecular weight is 380 g/mol. The molecule has 0 unspecified atom stereocenters. The van der Waals surface area contributed by atoms with E-state index in [4.69, 9.17) is 14.6 Å².